The van der Waals surface area contributed by atoms with Gasteiger partial charge in [0.25, 0.3) is 0 Å². The number of hydrogen-bond acceptors (Lipinski definition) is 4. The van der Waals surface area contributed by atoms with Crippen LogP contribution in [-0.4, -0.2) is 15.9 Å². The van der Waals surface area contributed by atoms with Gasteiger partial charge >= 0.3 is 0 Å². The topological polar surface area (TPSA) is 37.8 Å². The van der Waals surface area contributed by atoms with Crippen LogP contribution in [0, 0.1) is 0 Å². The molecule has 1 N–H and O–H groups in total. The van der Waals surface area contributed by atoms with E-state index < -0.39 is 0 Å². The molecule has 0 unspecified atom stereocenters. The Morgan fingerprint density at radius 2 is 2.06 bits per heavy atom. The van der Waals surface area contributed by atoms with Gasteiger partial charge in [-0.3, -0.25) is 0 Å². The van der Waals surface area contributed by atoms with Gasteiger partial charge in [0, 0.05) is 24.5 Å². The number of benzene rings is 1. The molecular formula is C12H15N3S. The third-order valence-corrected chi connectivity index (χ3v) is 2.91. The highest BCUT2D eigenvalue weighted by molar-refractivity contribution is 7.09. The van der Waals surface area contributed by atoms with Crippen molar-refractivity contribution in [3.63, 3.8) is 0 Å². The Morgan fingerprint density at radius 1 is 1.25 bits per heavy atom. The van der Waals surface area contributed by atoms with Crippen LogP contribution in [0.3, 0.4) is 0 Å². The zero-order chi connectivity index (χ0) is 11.2. The molecule has 0 spiro atoms. The van der Waals surface area contributed by atoms with Crippen molar-refractivity contribution in [3.8, 4) is 0 Å². The quantitative estimate of drug-likeness (QED) is 0.862. The summed E-state index contributed by atoms with van der Waals surface area (Å²) in [5.74, 6) is 0.898. The van der Waals surface area contributed by atoms with Crippen LogP contribution < -0.4 is 5.32 Å². The van der Waals surface area contributed by atoms with E-state index in [1.165, 1.54) is 17.1 Å². The first-order chi connectivity index (χ1) is 7.88. The Morgan fingerprint density at radius 3 is 2.81 bits per heavy atom. The van der Waals surface area contributed by atoms with Crippen LogP contribution in [0.15, 0.2) is 30.3 Å². The number of rotatable bonds is 5. The van der Waals surface area contributed by atoms with Crippen LogP contribution in [0.1, 0.15) is 24.7 Å². The van der Waals surface area contributed by atoms with Crippen LogP contribution in [0.2, 0.25) is 0 Å². The molecule has 16 heavy (non-hydrogen) atoms. The second-order valence-corrected chi connectivity index (χ2v) is 4.36. The van der Waals surface area contributed by atoms with Crippen LogP contribution in [-0.2, 0) is 6.42 Å². The fourth-order valence-electron chi connectivity index (χ4n) is 1.41. The van der Waals surface area contributed by atoms with Crippen molar-refractivity contribution in [2.75, 3.05) is 11.9 Å². The highest BCUT2D eigenvalue weighted by atomic mass is 32.1. The molecule has 1 heterocycles. The lowest BCUT2D eigenvalue weighted by atomic mass is 10.1. The summed E-state index contributed by atoms with van der Waals surface area (Å²) >= 11 is 1.44. The molecule has 2 aromatic rings. The minimum Gasteiger partial charge on any atom is -0.360 e. The fourth-order valence-corrected chi connectivity index (χ4v) is 2.02. The Kier molecular flexibility index (Phi) is 3.88. The molecule has 0 aliphatic heterocycles. The van der Waals surface area contributed by atoms with Crippen molar-refractivity contribution in [2.24, 2.45) is 0 Å². The molecule has 84 valence electrons. The van der Waals surface area contributed by atoms with Crippen molar-refractivity contribution < 1.29 is 0 Å². The van der Waals surface area contributed by atoms with Gasteiger partial charge in [-0.15, -0.1) is 0 Å². The van der Waals surface area contributed by atoms with E-state index in [1.54, 1.807) is 0 Å². The molecule has 0 amide bonds. The lowest BCUT2D eigenvalue weighted by Crippen LogP contribution is -1.99. The standard InChI is InChI=1S/C12H15N3S/c1-2-8-13-12-14-11(15-16-12)9-10-6-4-3-5-7-10/h3-7H,2,8-9H2,1H3,(H,13,14,15). The smallest absolute Gasteiger partial charge is 0.202 e. The zero-order valence-electron chi connectivity index (χ0n) is 9.31. The molecule has 3 nitrogen and oxygen atoms in total. The third kappa shape index (κ3) is 3.03. The normalized spacial score (nSPS) is 10.3. The summed E-state index contributed by atoms with van der Waals surface area (Å²) in [5.41, 5.74) is 1.25. The highest BCUT2D eigenvalue weighted by Crippen LogP contribution is 2.13. The molecule has 1 aromatic carbocycles. The Hall–Kier alpha value is -1.42. The molecule has 0 saturated carbocycles. The monoisotopic (exact) mass is 233 g/mol. The lowest BCUT2D eigenvalue weighted by molar-refractivity contribution is 0.966. The van der Waals surface area contributed by atoms with Crippen molar-refractivity contribution in [3.05, 3.63) is 41.7 Å². The first-order valence-electron chi connectivity index (χ1n) is 5.49. The zero-order valence-corrected chi connectivity index (χ0v) is 10.1. The van der Waals surface area contributed by atoms with Gasteiger partial charge in [0.2, 0.25) is 5.13 Å². The molecule has 0 radical (unpaired) electrons. The summed E-state index contributed by atoms with van der Waals surface area (Å²) in [6, 6.07) is 10.3. The second kappa shape index (κ2) is 5.61. The molecule has 0 atom stereocenters. The van der Waals surface area contributed by atoms with Crippen LogP contribution in [0.25, 0.3) is 0 Å². The van der Waals surface area contributed by atoms with Gasteiger partial charge in [-0.05, 0) is 12.0 Å². The predicted molar refractivity (Wildman–Crippen MR) is 67.9 cm³/mol. The van der Waals surface area contributed by atoms with E-state index in [2.05, 4.69) is 33.7 Å². The van der Waals surface area contributed by atoms with Crippen LogP contribution in [0.4, 0.5) is 5.13 Å². The molecule has 0 aliphatic carbocycles. The lowest BCUT2D eigenvalue weighted by Gasteiger charge is -1.97. The van der Waals surface area contributed by atoms with E-state index in [9.17, 15) is 0 Å². The molecule has 0 aliphatic rings. The molecule has 0 bridgehead atoms. The van der Waals surface area contributed by atoms with E-state index >= 15 is 0 Å². The summed E-state index contributed by atoms with van der Waals surface area (Å²) in [7, 11) is 0. The van der Waals surface area contributed by atoms with E-state index in [1.807, 2.05) is 18.2 Å². The van der Waals surface area contributed by atoms with Gasteiger partial charge in [0.1, 0.15) is 5.82 Å². The molecule has 1 aromatic heterocycles. The predicted octanol–water partition coefficient (Wildman–Crippen LogP) is 2.95. The van der Waals surface area contributed by atoms with E-state index in [-0.39, 0.29) is 0 Å². The largest absolute Gasteiger partial charge is 0.360 e. The van der Waals surface area contributed by atoms with E-state index in [0.717, 1.165) is 30.3 Å². The Bertz CT molecular complexity index is 425. The summed E-state index contributed by atoms with van der Waals surface area (Å²) < 4.78 is 4.33. The molecule has 2 rings (SSSR count). The molecule has 0 fully saturated rings. The number of anilines is 1. The Balaban J connectivity index is 1.97. The van der Waals surface area contributed by atoms with Crippen molar-refractivity contribution >= 4 is 16.7 Å². The first kappa shape index (κ1) is 11.1. The Labute approximate surface area is 99.7 Å². The maximum Gasteiger partial charge on any atom is 0.202 e. The van der Waals surface area contributed by atoms with Crippen molar-refractivity contribution in [1.29, 1.82) is 0 Å². The van der Waals surface area contributed by atoms with Crippen molar-refractivity contribution in [1.82, 2.24) is 9.36 Å². The second-order valence-electron chi connectivity index (χ2n) is 3.60. The summed E-state index contributed by atoms with van der Waals surface area (Å²) in [6.07, 6.45) is 1.92. The summed E-state index contributed by atoms with van der Waals surface area (Å²) in [6.45, 7) is 3.10. The number of aromatic nitrogens is 2. The SMILES string of the molecule is CCCNc1nc(Cc2ccccc2)ns1. The average Bonchev–Trinajstić information content (AvgIpc) is 2.75. The van der Waals surface area contributed by atoms with Gasteiger partial charge in [-0.1, -0.05) is 37.3 Å². The number of nitrogens with one attached hydrogen (secondary N) is 1. The summed E-state index contributed by atoms with van der Waals surface area (Å²) in [5, 5.41) is 4.17. The minimum atomic E-state index is 0.811. The fraction of sp³-hybridized carbons (Fsp3) is 0.333. The van der Waals surface area contributed by atoms with Gasteiger partial charge in [-0.25, -0.2) is 4.98 Å². The maximum atomic E-state index is 4.44. The number of nitrogens with zero attached hydrogens (tertiary/aromatic N) is 2. The average molecular weight is 233 g/mol. The summed E-state index contributed by atoms with van der Waals surface area (Å²) in [4.78, 5) is 4.44. The molecule has 4 heteroatoms. The minimum absolute atomic E-state index is 0.811. The maximum absolute atomic E-state index is 4.44. The van der Waals surface area contributed by atoms with Crippen LogP contribution in [0.5, 0.6) is 0 Å². The molecular weight excluding hydrogens is 218 g/mol. The van der Waals surface area contributed by atoms with E-state index in [4.69, 9.17) is 0 Å². The number of hydrogen-bond donors (Lipinski definition) is 1. The van der Waals surface area contributed by atoms with Crippen LogP contribution >= 0.6 is 11.5 Å². The van der Waals surface area contributed by atoms with Crippen molar-refractivity contribution in [2.45, 2.75) is 19.8 Å². The van der Waals surface area contributed by atoms with Gasteiger partial charge in [0.15, 0.2) is 0 Å². The van der Waals surface area contributed by atoms with Gasteiger partial charge in [0.05, 0.1) is 0 Å². The molecule has 0 saturated heterocycles. The first-order valence-corrected chi connectivity index (χ1v) is 6.26. The van der Waals surface area contributed by atoms with Gasteiger partial charge < -0.3 is 5.32 Å². The van der Waals surface area contributed by atoms with Gasteiger partial charge in [-0.2, -0.15) is 4.37 Å². The van der Waals surface area contributed by atoms with E-state index in [0.29, 0.717) is 0 Å². The highest BCUT2D eigenvalue weighted by Gasteiger charge is 2.03. The third-order valence-electron chi connectivity index (χ3n) is 2.20.